The van der Waals surface area contributed by atoms with Crippen LogP contribution in [0.2, 0.25) is 0 Å². The number of rotatable bonds is 12. The Kier molecular flexibility index (Phi) is 11.3. The number of carbonyl (C=O) groups is 1. The molecule has 0 amide bonds. The van der Waals surface area contributed by atoms with E-state index in [0.29, 0.717) is 5.92 Å². The molecule has 3 rings (SSSR count). The number of benzene rings is 1. The van der Waals surface area contributed by atoms with E-state index in [1.165, 1.54) is 83.5 Å². The molecular formula is C29H43F3O2. The summed E-state index contributed by atoms with van der Waals surface area (Å²) in [5.41, 5.74) is 0. The van der Waals surface area contributed by atoms with Crippen molar-refractivity contribution in [3.05, 3.63) is 29.6 Å². The summed E-state index contributed by atoms with van der Waals surface area (Å²) in [7, 11) is 0. The fraction of sp³-hybridized carbons (Fsp3) is 0.759. The molecule has 34 heavy (non-hydrogen) atoms. The highest BCUT2D eigenvalue weighted by Gasteiger charge is 2.29. The summed E-state index contributed by atoms with van der Waals surface area (Å²) < 4.78 is 44.9. The van der Waals surface area contributed by atoms with Gasteiger partial charge in [0.15, 0.2) is 17.5 Å². The van der Waals surface area contributed by atoms with Gasteiger partial charge in [-0.3, -0.25) is 4.79 Å². The minimum Gasteiger partial charge on any atom is -0.426 e. The molecule has 2 fully saturated rings. The molecule has 0 spiro atoms. The van der Waals surface area contributed by atoms with Crippen LogP contribution in [0.1, 0.15) is 116 Å². The molecule has 0 bridgehead atoms. The normalized spacial score (nSPS) is 25.3. The van der Waals surface area contributed by atoms with E-state index in [-0.39, 0.29) is 11.7 Å². The lowest BCUT2D eigenvalue weighted by atomic mass is 9.75. The summed E-state index contributed by atoms with van der Waals surface area (Å²) in [5, 5.41) is 0. The van der Waals surface area contributed by atoms with Gasteiger partial charge in [0.1, 0.15) is 5.75 Å². The second kappa shape index (κ2) is 14.1. The van der Waals surface area contributed by atoms with Crippen LogP contribution < -0.4 is 4.74 Å². The molecule has 0 aliphatic heterocycles. The highest BCUT2D eigenvalue weighted by Crippen LogP contribution is 2.38. The topological polar surface area (TPSA) is 26.3 Å². The van der Waals surface area contributed by atoms with Crippen LogP contribution in [-0.2, 0) is 4.79 Å². The van der Waals surface area contributed by atoms with Gasteiger partial charge in [0.25, 0.3) is 0 Å². The molecular weight excluding hydrogens is 437 g/mol. The third-order valence-electron chi connectivity index (χ3n) is 8.27. The average molecular weight is 481 g/mol. The highest BCUT2D eigenvalue weighted by atomic mass is 19.2. The van der Waals surface area contributed by atoms with Gasteiger partial charge in [-0.15, -0.1) is 0 Å². The molecule has 192 valence electrons. The molecule has 2 nitrogen and oxygen atoms in total. The van der Waals surface area contributed by atoms with Crippen LogP contribution >= 0.6 is 0 Å². The van der Waals surface area contributed by atoms with Crippen molar-refractivity contribution in [1.82, 2.24) is 0 Å². The van der Waals surface area contributed by atoms with Gasteiger partial charge in [-0.1, -0.05) is 90.4 Å². The lowest BCUT2D eigenvalue weighted by Crippen LogP contribution is -2.26. The van der Waals surface area contributed by atoms with Crippen LogP contribution in [-0.4, -0.2) is 5.97 Å². The molecule has 2 saturated carbocycles. The average Bonchev–Trinajstić information content (AvgIpc) is 2.84. The highest BCUT2D eigenvalue weighted by molar-refractivity contribution is 5.75. The zero-order valence-corrected chi connectivity index (χ0v) is 20.9. The summed E-state index contributed by atoms with van der Waals surface area (Å²) >= 11 is 0. The number of ether oxygens (including phenoxy) is 1. The van der Waals surface area contributed by atoms with Crippen molar-refractivity contribution >= 4 is 5.97 Å². The molecule has 0 aromatic heterocycles. The van der Waals surface area contributed by atoms with Crippen molar-refractivity contribution in [2.24, 2.45) is 23.7 Å². The fourth-order valence-electron chi connectivity index (χ4n) is 5.97. The van der Waals surface area contributed by atoms with Crippen molar-refractivity contribution in [1.29, 1.82) is 0 Å². The van der Waals surface area contributed by atoms with E-state index < -0.39 is 23.4 Å². The van der Waals surface area contributed by atoms with Crippen LogP contribution in [0.3, 0.4) is 0 Å². The summed E-state index contributed by atoms with van der Waals surface area (Å²) in [6, 6.07) is 1.45. The number of esters is 1. The van der Waals surface area contributed by atoms with Crippen LogP contribution in [0.15, 0.2) is 12.1 Å². The zero-order chi connectivity index (χ0) is 24.3. The largest absolute Gasteiger partial charge is 0.426 e. The van der Waals surface area contributed by atoms with Crippen molar-refractivity contribution in [2.45, 2.75) is 116 Å². The Morgan fingerprint density at radius 3 is 1.76 bits per heavy atom. The Morgan fingerprint density at radius 1 is 0.735 bits per heavy atom. The number of carbonyl (C=O) groups excluding carboxylic acids is 1. The molecule has 0 atom stereocenters. The number of unbranched alkanes of at least 4 members (excludes halogenated alkanes) is 5. The predicted molar refractivity (Wildman–Crippen MR) is 130 cm³/mol. The Bertz CT molecular complexity index is 727. The van der Waals surface area contributed by atoms with Gasteiger partial charge in [0, 0.05) is 12.1 Å². The summed E-state index contributed by atoms with van der Waals surface area (Å²) in [6.45, 7) is 2.27. The third-order valence-corrected chi connectivity index (χ3v) is 8.27. The van der Waals surface area contributed by atoms with E-state index in [2.05, 4.69) is 6.92 Å². The van der Waals surface area contributed by atoms with E-state index in [4.69, 9.17) is 4.74 Å². The molecule has 0 N–H and O–H groups in total. The Labute approximate surface area is 204 Å². The molecule has 1 aromatic rings. The van der Waals surface area contributed by atoms with E-state index in [9.17, 15) is 18.0 Å². The molecule has 5 heteroatoms. The SMILES string of the molecule is CCCCCCCC[C@H]1CC[C@H](CC[C@H]2CC[C@H](C(=O)Oc3cc(F)c(F)c(F)c3)CC2)CC1. The monoisotopic (exact) mass is 480 g/mol. The lowest BCUT2D eigenvalue weighted by molar-refractivity contribution is -0.140. The molecule has 0 saturated heterocycles. The molecule has 0 unspecified atom stereocenters. The van der Waals surface area contributed by atoms with Crippen molar-refractivity contribution in [2.75, 3.05) is 0 Å². The van der Waals surface area contributed by atoms with E-state index in [1.807, 2.05) is 0 Å². The maximum atomic E-state index is 13.3. The molecule has 2 aliphatic rings. The van der Waals surface area contributed by atoms with Crippen LogP contribution in [0.5, 0.6) is 5.75 Å². The summed E-state index contributed by atoms with van der Waals surface area (Å²) in [5.74, 6) is -2.74. The maximum Gasteiger partial charge on any atom is 0.314 e. The smallest absolute Gasteiger partial charge is 0.314 e. The Balaban J connectivity index is 1.27. The molecule has 0 heterocycles. The van der Waals surface area contributed by atoms with E-state index >= 15 is 0 Å². The zero-order valence-electron chi connectivity index (χ0n) is 20.9. The van der Waals surface area contributed by atoms with Gasteiger partial charge in [0.05, 0.1) is 5.92 Å². The van der Waals surface area contributed by atoms with Crippen LogP contribution in [0, 0.1) is 41.1 Å². The molecule has 2 aliphatic carbocycles. The maximum absolute atomic E-state index is 13.3. The first-order chi connectivity index (χ1) is 16.5. The Hall–Kier alpha value is -1.52. The second-order valence-corrected chi connectivity index (χ2v) is 10.9. The quantitative estimate of drug-likeness (QED) is 0.129. The van der Waals surface area contributed by atoms with E-state index in [1.54, 1.807) is 0 Å². The van der Waals surface area contributed by atoms with Crippen molar-refractivity contribution in [3.8, 4) is 5.75 Å². The van der Waals surface area contributed by atoms with Gasteiger partial charge < -0.3 is 4.74 Å². The van der Waals surface area contributed by atoms with Gasteiger partial charge in [0.2, 0.25) is 0 Å². The second-order valence-electron chi connectivity index (χ2n) is 10.9. The minimum atomic E-state index is -1.55. The first kappa shape index (κ1) is 27.1. The number of hydrogen-bond acceptors (Lipinski definition) is 2. The Morgan fingerprint density at radius 2 is 1.21 bits per heavy atom. The van der Waals surface area contributed by atoms with Gasteiger partial charge in [-0.25, -0.2) is 13.2 Å². The van der Waals surface area contributed by atoms with Crippen molar-refractivity contribution in [3.63, 3.8) is 0 Å². The standard InChI is InChI=1S/C29H43F3O2/c1-2-3-4-5-6-7-8-21-9-11-22(12-10-21)13-14-23-15-17-24(18-16-23)29(33)34-25-19-26(30)28(32)27(31)20-25/h19-24H,2-18H2,1H3/t21-,22-,23-,24-. The van der Waals surface area contributed by atoms with Crippen LogP contribution in [0.25, 0.3) is 0 Å². The summed E-state index contributed by atoms with van der Waals surface area (Å²) in [4.78, 5) is 12.4. The predicted octanol–water partition coefficient (Wildman–Crippen LogP) is 9.15. The summed E-state index contributed by atoms with van der Waals surface area (Å²) in [6.07, 6.45) is 21.4. The first-order valence-electron chi connectivity index (χ1n) is 13.8. The number of hydrogen-bond donors (Lipinski definition) is 0. The van der Waals surface area contributed by atoms with Gasteiger partial charge in [-0.2, -0.15) is 0 Å². The fourth-order valence-corrected chi connectivity index (χ4v) is 5.97. The molecule has 0 radical (unpaired) electrons. The van der Waals surface area contributed by atoms with Gasteiger partial charge >= 0.3 is 5.97 Å². The minimum absolute atomic E-state index is 0.246. The third kappa shape index (κ3) is 8.61. The van der Waals surface area contributed by atoms with E-state index in [0.717, 1.165) is 49.7 Å². The van der Waals surface area contributed by atoms with Crippen LogP contribution in [0.4, 0.5) is 13.2 Å². The first-order valence-corrected chi connectivity index (χ1v) is 13.8. The van der Waals surface area contributed by atoms with Gasteiger partial charge in [-0.05, 0) is 43.4 Å². The number of halogens is 3. The van der Waals surface area contributed by atoms with Crippen molar-refractivity contribution < 1.29 is 22.7 Å². The lowest BCUT2D eigenvalue weighted by Gasteiger charge is -2.31. The molecule has 1 aromatic carbocycles.